The van der Waals surface area contributed by atoms with Crippen molar-refractivity contribution in [3.05, 3.63) is 0 Å². The van der Waals surface area contributed by atoms with Crippen LogP contribution in [0.3, 0.4) is 0 Å². The summed E-state index contributed by atoms with van der Waals surface area (Å²) in [6.45, 7) is 0. The van der Waals surface area contributed by atoms with Gasteiger partial charge in [-0.25, -0.2) is 0 Å². The van der Waals surface area contributed by atoms with Gasteiger partial charge < -0.3 is 5.41 Å². The lowest BCUT2D eigenvalue weighted by atomic mass is 10.4. The zero-order valence-electron chi connectivity index (χ0n) is 3.62. The summed E-state index contributed by atoms with van der Waals surface area (Å²) in [6, 6.07) is 0. The van der Waals surface area contributed by atoms with Crippen LogP contribution in [0.15, 0.2) is 0 Å². The molecule has 0 aromatic rings. The van der Waals surface area contributed by atoms with Crippen LogP contribution in [0.4, 0.5) is 0 Å². The maximum atomic E-state index is 7.06. The van der Waals surface area contributed by atoms with Gasteiger partial charge in [-0.15, -0.1) is 0 Å². The largest absolute Gasteiger partial charge is 0.305 e. The van der Waals surface area contributed by atoms with E-state index in [9.17, 15) is 0 Å². The van der Waals surface area contributed by atoms with Crippen LogP contribution in [0.5, 0.6) is 0 Å². The predicted octanol–water partition coefficient (Wildman–Crippen LogP) is 1.44. The van der Waals surface area contributed by atoms with Gasteiger partial charge in [0, 0.05) is 5.45 Å². The van der Waals surface area contributed by atoms with Gasteiger partial charge in [0.15, 0.2) is 0 Å². The van der Waals surface area contributed by atoms with Gasteiger partial charge in [-0.05, 0) is 19.0 Å². The molecule has 0 saturated carbocycles. The van der Waals surface area contributed by atoms with Crippen molar-refractivity contribution in [2.24, 2.45) is 0 Å². The molecule has 1 unspecified atom stereocenters. The fraction of sp³-hybridized carbons (Fsp3) is 0.750. The van der Waals surface area contributed by atoms with E-state index in [0.717, 1.165) is 20.5 Å². The molecule has 6 heavy (non-hydrogen) atoms. The molecule has 1 atom stereocenters. The molecule has 1 nitrogen and oxygen atoms in total. The Labute approximate surface area is 39.4 Å². The SMILES string of the molecule is N=C1CCCP1. The Kier molecular flexibility index (Phi) is 1.21. The number of hydrogen-bond acceptors (Lipinski definition) is 1. The third kappa shape index (κ3) is 0.782. The summed E-state index contributed by atoms with van der Waals surface area (Å²) < 4.78 is 0. The monoisotopic (exact) mass is 101 g/mol. The molecule has 1 saturated heterocycles. The van der Waals surface area contributed by atoms with Crippen molar-refractivity contribution in [2.75, 3.05) is 6.16 Å². The van der Waals surface area contributed by atoms with Gasteiger partial charge >= 0.3 is 0 Å². The molecule has 0 spiro atoms. The zero-order valence-corrected chi connectivity index (χ0v) is 4.62. The Morgan fingerprint density at radius 2 is 2.50 bits per heavy atom. The number of hydrogen-bond donors (Lipinski definition) is 1. The molecular weight excluding hydrogens is 93.0 g/mol. The molecule has 0 aliphatic carbocycles. The van der Waals surface area contributed by atoms with Crippen LogP contribution in [0.2, 0.25) is 0 Å². The van der Waals surface area contributed by atoms with Crippen LogP contribution in [-0.2, 0) is 0 Å². The molecule has 0 bridgehead atoms. The van der Waals surface area contributed by atoms with Gasteiger partial charge in [-0.3, -0.25) is 0 Å². The van der Waals surface area contributed by atoms with Crippen molar-refractivity contribution >= 4 is 14.0 Å². The van der Waals surface area contributed by atoms with Crippen LogP contribution in [0.1, 0.15) is 12.8 Å². The Morgan fingerprint density at radius 1 is 1.67 bits per heavy atom. The zero-order chi connectivity index (χ0) is 4.41. The molecule has 1 rings (SSSR count). The Bertz CT molecular complexity index is 61.9. The lowest BCUT2D eigenvalue weighted by Crippen LogP contribution is -1.71. The van der Waals surface area contributed by atoms with Crippen LogP contribution in [0, 0.1) is 5.41 Å². The van der Waals surface area contributed by atoms with E-state index in [1.807, 2.05) is 0 Å². The third-order valence-electron chi connectivity index (χ3n) is 0.942. The first-order valence-corrected chi connectivity index (χ1v) is 3.41. The maximum absolute atomic E-state index is 7.06. The minimum atomic E-state index is 0.866. The van der Waals surface area contributed by atoms with E-state index in [1.165, 1.54) is 12.6 Å². The van der Waals surface area contributed by atoms with Crippen molar-refractivity contribution in [1.82, 2.24) is 0 Å². The molecule has 34 valence electrons. The van der Waals surface area contributed by atoms with Crippen molar-refractivity contribution in [3.8, 4) is 0 Å². The molecule has 1 aliphatic heterocycles. The first kappa shape index (κ1) is 4.26. The maximum Gasteiger partial charge on any atom is 0.0288 e. The minimum absolute atomic E-state index is 0.866. The van der Waals surface area contributed by atoms with E-state index < -0.39 is 0 Å². The Morgan fingerprint density at radius 3 is 2.67 bits per heavy atom. The summed E-state index contributed by atoms with van der Waals surface area (Å²) in [4.78, 5) is 0. The molecule has 0 aromatic carbocycles. The fourth-order valence-corrected chi connectivity index (χ4v) is 1.60. The highest BCUT2D eigenvalue weighted by Gasteiger charge is 2.03. The lowest BCUT2D eigenvalue weighted by molar-refractivity contribution is 1.04. The second-order valence-electron chi connectivity index (χ2n) is 1.51. The second kappa shape index (κ2) is 1.70. The van der Waals surface area contributed by atoms with Crippen LogP contribution >= 0.6 is 8.58 Å². The van der Waals surface area contributed by atoms with Crippen molar-refractivity contribution in [3.63, 3.8) is 0 Å². The summed E-state index contributed by atoms with van der Waals surface area (Å²) in [7, 11) is 0.866. The molecule has 1 fully saturated rings. The molecule has 0 radical (unpaired) electrons. The normalized spacial score (nSPS) is 26.3. The Balaban J connectivity index is 2.37. The molecule has 0 aromatic heterocycles. The molecule has 2 heteroatoms. The summed E-state index contributed by atoms with van der Waals surface area (Å²) >= 11 is 0. The van der Waals surface area contributed by atoms with Crippen molar-refractivity contribution in [2.45, 2.75) is 12.8 Å². The quantitative estimate of drug-likeness (QED) is 0.446. The topological polar surface area (TPSA) is 23.9 Å². The highest BCUT2D eigenvalue weighted by atomic mass is 31.1. The van der Waals surface area contributed by atoms with Gasteiger partial charge in [0.1, 0.15) is 0 Å². The third-order valence-corrected chi connectivity index (χ3v) is 2.22. The summed E-state index contributed by atoms with van der Waals surface area (Å²) in [6.07, 6.45) is 3.65. The van der Waals surface area contributed by atoms with Crippen LogP contribution in [0.25, 0.3) is 0 Å². The highest BCUT2D eigenvalue weighted by Crippen LogP contribution is 2.24. The van der Waals surface area contributed by atoms with Crippen molar-refractivity contribution in [1.29, 1.82) is 5.41 Å². The average molecular weight is 101 g/mol. The average Bonchev–Trinajstić information content (AvgIpc) is 1.86. The Hall–Kier alpha value is 0.100. The van der Waals surface area contributed by atoms with Gasteiger partial charge in [-0.2, -0.15) is 0 Å². The molecule has 1 heterocycles. The van der Waals surface area contributed by atoms with Gasteiger partial charge in [0.25, 0.3) is 0 Å². The van der Waals surface area contributed by atoms with E-state index >= 15 is 0 Å². The second-order valence-corrected chi connectivity index (χ2v) is 2.97. The highest BCUT2D eigenvalue weighted by molar-refractivity contribution is 7.58. The van der Waals surface area contributed by atoms with Gasteiger partial charge in [-0.1, -0.05) is 8.58 Å². The lowest BCUT2D eigenvalue weighted by Gasteiger charge is -1.77. The molecule has 1 N–H and O–H groups in total. The minimum Gasteiger partial charge on any atom is -0.305 e. The van der Waals surface area contributed by atoms with E-state index in [1.54, 1.807) is 0 Å². The van der Waals surface area contributed by atoms with E-state index in [4.69, 9.17) is 5.41 Å². The van der Waals surface area contributed by atoms with Crippen LogP contribution in [-0.4, -0.2) is 11.6 Å². The summed E-state index contributed by atoms with van der Waals surface area (Å²) in [5.41, 5.74) is 0.981. The van der Waals surface area contributed by atoms with E-state index in [-0.39, 0.29) is 0 Å². The molecule has 1 aliphatic rings. The summed E-state index contributed by atoms with van der Waals surface area (Å²) in [5, 5.41) is 7.06. The molecular formula is C4H8NP. The first-order valence-electron chi connectivity index (χ1n) is 2.21. The summed E-state index contributed by atoms with van der Waals surface area (Å²) in [5.74, 6) is 0. The van der Waals surface area contributed by atoms with E-state index in [0.29, 0.717) is 0 Å². The smallest absolute Gasteiger partial charge is 0.0288 e. The van der Waals surface area contributed by atoms with E-state index in [2.05, 4.69) is 0 Å². The van der Waals surface area contributed by atoms with Gasteiger partial charge in [0.05, 0.1) is 0 Å². The van der Waals surface area contributed by atoms with Gasteiger partial charge in [0.2, 0.25) is 0 Å². The molecule has 0 amide bonds. The van der Waals surface area contributed by atoms with Crippen LogP contribution < -0.4 is 0 Å². The standard InChI is InChI=1S/C4H8NP/c5-4-2-1-3-6-4/h5-6H,1-3H2. The number of rotatable bonds is 0. The predicted molar refractivity (Wildman–Crippen MR) is 30.1 cm³/mol. The number of nitrogens with one attached hydrogen (secondary N) is 1. The fourth-order valence-electron chi connectivity index (χ4n) is 0.593. The van der Waals surface area contributed by atoms with Crippen molar-refractivity contribution < 1.29 is 0 Å². The first-order chi connectivity index (χ1) is 2.89.